The van der Waals surface area contributed by atoms with Gasteiger partial charge in [0.15, 0.2) is 8.29 Å². The second-order valence-corrected chi connectivity index (χ2v) is 7.50. The van der Waals surface area contributed by atoms with Crippen molar-refractivity contribution in [2.24, 2.45) is 0 Å². The lowest BCUT2D eigenvalue weighted by molar-refractivity contribution is 0.342. The lowest BCUT2D eigenvalue weighted by atomic mass is 10.3. The lowest BCUT2D eigenvalue weighted by Crippen LogP contribution is -2.00. The van der Waals surface area contributed by atoms with Crippen LogP contribution in [0.2, 0.25) is 0 Å². The predicted molar refractivity (Wildman–Crippen MR) is 94.9 cm³/mol. The van der Waals surface area contributed by atoms with E-state index in [2.05, 4.69) is 5.10 Å². The zero-order valence-corrected chi connectivity index (χ0v) is 14.5. The maximum atomic E-state index is 13.0. The largest absolute Gasteiger partial charge is 0.493 e. The van der Waals surface area contributed by atoms with Crippen LogP contribution < -0.4 is 4.74 Å². The smallest absolute Gasteiger partial charge is 0.184 e. The molecule has 0 aliphatic carbocycles. The summed E-state index contributed by atoms with van der Waals surface area (Å²) in [6.45, 7) is 0.478. The summed E-state index contributed by atoms with van der Waals surface area (Å²) in [4.78, 5) is 0. The van der Waals surface area contributed by atoms with Crippen molar-refractivity contribution in [3.63, 3.8) is 0 Å². The van der Waals surface area contributed by atoms with Gasteiger partial charge in [-0.15, -0.1) is 5.10 Å². The van der Waals surface area contributed by atoms with Crippen molar-refractivity contribution in [2.45, 2.75) is 4.34 Å². The molecule has 0 saturated carbocycles. The van der Waals surface area contributed by atoms with Gasteiger partial charge in [0.25, 0.3) is 0 Å². The molecule has 0 unspecified atom stereocenters. The van der Waals surface area contributed by atoms with Gasteiger partial charge in [-0.2, -0.15) is 0 Å². The van der Waals surface area contributed by atoms with Crippen LogP contribution in [0.15, 0.2) is 58.9 Å². The quantitative estimate of drug-likeness (QED) is 0.350. The first-order valence-electron chi connectivity index (χ1n) is 6.89. The van der Waals surface area contributed by atoms with Crippen molar-refractivity contribution >= 4 is 35.3 Å². The molecule has 0 radical (unpaired) electrons. The Hall–Kier alpha value is -1.70. The van der Waals surface area contributed by atoms with Crippen molar-refractivity contribution in [3.05, 3.63) is 64.4 Å². The summed E-state index contributed by atoms with van der Waals surface area (Å²) >= 11 is 8.40. The third kappa shape index (κ3) is 4.40. The molecule has 0 saturated heterocycles. The zero-order chi connectivity index (χ0) is 16.1. The van der Waals surface area contributed by atoms with Crippen LogP contribution in [0.1, 0.15) is 0 Å². The summed E-state index contributed by atoms with van der Waals surface area (Å²) in [6.07, 6.45) is 0. The number of thioether (sulfide) groups is 1. The fraction of sp³-hybridized carbons (Fsp3) is 0.125. The van der Waals surface area contributed by atoms with E-state index in [1.54, 1.807) is 28.6 Å². The van der Waals surface area contributed by atoms with E-state index < -0.39 is 0 Å². The van der Waals surface area contributed by atoms with Crippen molar-refractivity contribution in [1.82, 2.24) is 9.78 Å². The molecular weight excluding hydrogens is 351 g/mol. The predicted octanol–water partition coefficient (Wildman–Crippen LogP) is 4.97. The molecule has 7 heteroatoms. The second-order valence-electron chi connectivity index (χ2n) is 4.54. The highest BCUT2D eigenvalue weighted by atomic mass is 32.2. The van der Waals surface area contributed by atoms with E-state index in [9.17, 15) is 4.39 Å². The van der Waals surface area contributed by atoms with Crippen molar-refractivity contribution in [2.75, 3.05) is 12.4 Å². The van der Waals surface area contributed by atoms with E-state index in [-0.39, 0.29) is 5.82 Å². The molecule has 0 amide bonds. The summed E-state index contributed by atoms with van der Waals surface area (Å²) in [6, 6.07) is 15.9. The van der Waals surface area contributed by atoms with E-state index in [1.807, 2.05) is 30.3 Å². The van der Waals surface area contributed by atoms with Gasteiger partial charge < -0.3 is 4.74 Å². The Balaban J connectivity index is 1.56. The Morgan fingerprint density at radius 2 is 2.00 bits per heavy atom. The third-order valence-corrected chi connectivity index (χ3v) is 5.23. The first-order chi connectivity index (χ1) is 11.2. The number of ether oxygens (including phenoxy) is 1. The minimum absolute atomic E-state index is 0.297. The van der Waals surface area contributed by atoms with Crippen LogP contribution >= 0.6 is 35.3 Å². The van der Waals surface area contributed by atoms with Crippen molar-refractivity contribution in [1.29, 1.82) is 0 Å². The Kier molecular flexibility index (Phi) is 5.43. The summed E-state index contributed by atoms with van der Waals surface area (Å²) < 4.78 is 21.9. The molecular formula is C16H13FN2OS3. The number of nitrogens with zero attached hydrogens (tertiary/aromatic N) is 2. The topological polar surface area (TPSA) is 27.1 Å². The summed E-state index contributed by atoms with van der Waals surface area (Å²) in [5.41, 5.74) is 0.955. The molecule has 0 bridgehead atoms. The summed E-state index contributed by atoms with van der Waals surface area (Å²) in [5.74, 6) is 0.955. The molecule has 1 heterocycles. The molecule has 3 aromatic rings. The van der Waals surface area contributed by atoms with E-state index in [0.717, 1.165) is 10.0 Å². The van der Waals surface area contributed by atoms with Gasteiger partial charge in [0.2, 0.25) is 0 Å². The van der Waals surface area contributed by atoms with E-state index in [1.165, 1.54) is 23.5 Å². The first-order valence-corrected chi connectivity index (χ1v) is 9.10. The monoisotopic (exact) mass is 364 g/mol. The average Bonchev–Trinajstić information content (AvgIpc) is 2.93. The number of aromatic nitrogens is 2. The van der Waals surface area contributed by atoms with Gasteiger partial charge in [-0.05, 0) is 36.5 Å². The van der Waals surface area contributed by atoms with Gasteiger partial charge in [-0.1, -0.05) is 47.4 Å². The lowest BCUT2D eigenvalue weighted by Gasteiger charge is -2.04. The molecule has 0 fully saturated rings. The number of hydrogen-bond acceptors (Lipinski definition) is 5. The Bertz CT molecular complexity index is 833. The van der Waals surface area contributed by atoms with E-state index in [0.29, 0.717) is 22.1 Å². The standard InChI is InChI=1S/C16H13FN2OS3/c17-12-5-4-8-14(11-12)20-9-10-22-15-18-19(16(21)23-15)13-6-2-1-3-7-13/h1-8,11H,9-10H2. The van der Waals surface area contributed by atoms with Crippen LogP contribution in [0.4, 0.5) is 4.39 Å². The van der Waals surface area contributed by atoms with Crippen molar-refractivity contribution < 1.29 is 9.13 Å². The normalized spacial score (nSPS) is 10.7. The van der Waals surface area contributed by atoms with Gasteiger partial charge in [0.05, 0.1) is 12.3 Å². The number of rotatable bonds is 6. The van der Waals surface area contributed by atoms with Crippen LogP contribution in [0.5, 0.6) is 5.75 Å². The molecule has 3 rings (SSSR count). The van der Waals surface area contributed by atoms with Gasteiger partial charge >= 0.3 is 0 Å². The molecule has 118 valence electrons. The SMILES string of the molecule is Fc1cccc(OCCSc2nn(-c3ccccc3)c(=S)s2)c1. The van der Waals surface area contributed by atoms with E-state index in [4.69, 9.17) is 17.0 Å². The highest BCUT2D eigenvalue weighted by Crippen LogP contribution is 2.24. The number of halogens is 1. The maximum absolute atomic E-state index is 13.0. The minimum Gasteiger partial charge on any atom is -0.493 e. The third-order valence-electron chi connectivity index (χ3n) is 2.90. The van der Waals surface area contributed by atoms with Gasteiger partial charge in [-0.3, -0.25) is 0 Å². The Morgan fingerprint density at radius 3 is 2.78 bits per heavy atom. The van der Waals surface area contributed by atoms with Gasteiger partial charge in [-0.25, -0.2) is 9.07 Å². The highest BCUT2D eigenvalue weighted by Gasteiger charge is 2.06. The summed E-state index contributed by atoms with van der Waals surface area (Å²) in [5, 5.41) is 4.52. The zero-order valence-electron chi connectivity index (χ0n) is 12.0. The maximum Gasteiger partial charge on any atom is 0.184 e. The van der Waals surface area contributed by atoms with Gasteiger partial charge in [0.1, 0.15) is 11.6 Å². The van der Waals surface area contributed by atoms with Crippen LogP contribution in [0.25, 0.3) is 5.69 Å². The molecule has 3 nitrogen and oxygen atoms in total. The summed E-state index contributed by atoms with van der Waals surface area (Å²) in [7, 11) is 0. The molecule has 0 spiro atoms. The molecule has 0 atom stereocenters. The number of para-hydroxylation sites is 1. The number of benzene rings is 2. The second kappa shape index (κ2) is 7.72. The Morgan fingerprint density at radius 1 is 1.17 bits per heavy atom. The van der Waals surface area contributed by atoms with Crippen LogP contribution in [-0.4, -0.2) is 22.1 Å². The van der Waals surface area contributed by atoms with Crippen LogP contribution in [-0.2, 0) is 0 Å². The molecule has 0 aliphatic rings. The Labute approximate surface area is 146 Å². The van der Waals surface area contributed by atoms with Crippen LogP contribution in [0, 0.1) is 9.77 Å². The minimum atomic E-state index is -0.297. The van der Waals surface area contributed by atoms with Crippen LogP contribution in [0.3, 0.4) is 0 Å². The molecule has 1 aromatic heterocycles. The molecule has 0 N–H and O–H groups in total. The molecule has 2 aromatic carbocycles. The number of hydrogen-bond donors (Lipinski definition) is 0. The van der Waals surface area contributed by atoms with E-state index >= 15 is 0 Å². The van der Waals surface area contributed by atoms with Gasteiger partial charge in [0, 0.05) is 11.8 Å². The fourth-order valence-electron chi connectivity index (χ4n) is 1.90. The van der Waals surface area contributed by atoms with Crippen molar-refractivity contribution in [3.8, 4) is 11.4 Å². The average molecular weight is 364 g/mol. The molecule has 0 aliphatic heterocycles. The fourth-order valence-corrected chi connectivity index (χ4v) is 4.15. The highest BCUT2D eigenvalue weighted by molar-refractivity contribution is 8.01. The first kappa shape index (κ1) is 16.2. The molecule has 23 heavy (non-hydrogen) atoms.